The maximum Gasteiger partial charge on any atom is 0.0705 e. The second kappa shape index (κ2) is 6.52. The number of hydrazine groups is 1. The first kappa shape index (κ1) is 14.4. The molecular formula is C17H23N3O. The van der Waals surface area contributed by atoms with E-state index >= 15 is 0 Å². The zero-order valence-electron chi connectivity index (χ0n) is 12.5. The van der Waals surface area contributed by atoms with Crippen LogP contribution in [0.4, 0.5) is 0 Å². The fraction of sp³-hybridized carbons (Fsp3) is 0.471. The Bertz CT molecular complexity index is 608. The maximum atomic E-state index is 5.83. The van der Waals surface area contributed by atoms with Crippen LogP contribution in [0.5, 0.6) is 0 Å². The molecule has 2 aromatic rings. The molecule has 1 aliphatic rings. The Balaban J connectivity index is 1.80. The number of aromatic nitrogens is 1. The van der Waals surface area contributed by atoms with Crippen LogP contribution in [0.15, 0.2) is 30.3 Å². The summed E-state index contributed by atoms with van der Waals surface area (Å²) in [6.07, 6.45) is 4.79. The summed E-state index contributed by atoms with van der Waals surface area (Å²) >= 11 is 0. The number of nitrogens with zero attached hydrogens (tertiary/aromatic N) is 1. The number of rotatable bonds is 4. The summed E-state index contributed by atoms with van der Waals surface area (Å²) < 4.78 is 5.83. The van der Waals surface area contributed by atoms with Gasteiger partial charge in [-0.1, -0.05) is 12.1 Å². The molecule has 1 fully saturated rings. The standard InChI is InChI=1S/C17H23N3O/c1-12-5-6-13-10-14(7-8-16(13)19-12)17(20-18)11-15-4-2-3-9-21-15/h5-8,10,15,17,20H,2-4,9,11,18H2,1H3. The Labute approximate surface area is 125 Å². The first-order valence-corrected chi connectivity index (χ1v) is 7.71. The van der Waals surface area contributed by atoms with Crippen molar-refractivity contribution >= 4 is 10.9 Å². The molecule has 1 aromatic heterocycles. The van der Waals surface area contributed by atoms with Gasteiger partial charge in [0.15, 0.2) is 0 Å². The fourth-order valence-electron chi connectivity index (χ4n) is 3.02. The second-order valence-electron chi connectivity index (χ2n) is 5.85. The molecule has 21 heavy (non-hydrogen) atoms. The van der Waals surface area contributed by atoms with Crippen LogP contribution in [0.3, 0.4) is 0 Å². The molecule has 3 N–H and O–H groups in total. The molecule has 112 valence electrons. The predicted molar refractivity (Wildman–Crippen MR) is 84.8 cm³/mol. The molecule has 4 heteroatoms. The molecular weight excluding hydrogens is 262 g/mol. The number of benzene rings is 1. The van der Waals surface area contributed by atoms with Gasteiger partial charge in [-0.2, -0.15) is 0 Å². The number of nitrogens with two attached hydrogens (primary N) is 1. The van der Waals surface area contributed by atoms with Crippen LogP contribution < -0.4 is 11.3 Å². The molecule has 1 aliphatic heterocycles. The highest BCUT2D eigenvalue weighted by atomic mass is 16.5. The number of fused-ring (bicyclic) bond motifs is 1. The van der Waals surface area contributed by atoms with Gasteiger partial charge in [-0.25, -0.2) is 0 Å². The Morgan fingerprint density at radius 1 is 1.33 bits per heavy atom. The number of hydrogen-bond donors (Lipinski definition) is 2. The van der Waals surface area contributed by atoms with Gasteiger partial charge < -0.3 is 4.74 Å². The number of pyridine rings is 1. The van der Waals surface area contributed by atoms with Crippen molar-refractivity contribution in [1.29, 1.82) is 0 Å². The number of ether oxygens (including phenoxy) is 1. The highest BCUT2D eigenvalue weighted by molar-refractivity contribution is 5.79. The maximum absolute atomic E-state index is 5.83. The summed E-state index contributed by atoms with van der Waals surface area (Å²) in [4.78, 5) is 4.54. The van der Waals surface area contributed by atoms with Gasteiger partial charge in [-0.05, 0) is 56.4 Å². The lowest BCUT2D eigenvalue weighted by atomic mass is 9.96. The third-order valence-corrected chi connectivity index (χ3v) is 4.23. The minimum atomic E-state index is 0.124. The van der Waals surface area contributed by atoms with E-state index in [-0.39, 0.29) is 6.04 Å². The lowest BCUT2D eigenvalue weighted by Crippen LogP contribution is -2.32. The van der Waals surface area contributed by atoms with Gasteiger partial charge in [0.25, 0.3) is 0 Å². The Hall–Kier alpha value is -1.49. The van der Waals surface area contributed by atoms with E-state index in [2.05, 4.69) is 34.7 Å². The molecule has 1 aromatic carbocycles. The Kier molecular flexibility index (Phi) is 4.48. The van der Waals surface area contributed by atoms with E-state index in [9.17, 15) is 0 Å². The zero-order valence-corrected chi connectivity index (χ0v) is 12.5. The first-order chi connectivity index (χ1) is 10.3. The molecule has 2 heterocycles. The normalized spacial score (nSPS) is 20.6. The average molecular weight is 285 g/mol. The van der Waals surface area contributed by atoms with E-state index in [0.29, 0.717) is 6.10 Å². The third-order valence-electron chi connectivity index (χ3n) is 4.23. The van der Waals surface area contributed by atoms with Gasteiger partial charge in [-0.15, -0.1) is 0 Å². The minimum Gasteiger partial charge on any atom is -0.378 e. The average Bonchev–Trinajstić information content (AvgIpc) is 2.53. The van der Waals surface area contributed by atoms with E-state index in [1.807, 2.05) is 13.0 Å². The van der Waals surface area contributed by atoms with E-state index in [1.54, 1.807) is 0 Å². The number of hydrogen-bond acceptors (Lipinski definition) is 4. The summed E-state index contributed by atoms with van der Waals surface area (Å²) in [7, 11) is 0. The van der Waals surface area contributed by atoms with Gasteiger partial charge in [0, 0.05) is 23.7 Å². The van der Waals surface area contributed by atoms with Crippen molar-refractivity contribution in [3.8, 4) is 0 Å². The van der Waals surface area contributed by atoms with Crippen molar-refractivity contribution in [2.45, 2.75) is 44.8 Å². The summed E-state index contributed by atoms with van der Waals surface area (Å²) in [5.41, 5.74) is 6.21. The van der Waals surface area contributed by atoms with Crippen molar-refractivity contribution < 1.29 is 4.74 Å². The van der Waals surface area contributed by atoms with Crippen molar-refractivity contribution in [2.24, 2.45) is 5.84 Å². The Morgan fingerprint density at radius 3 is 3.00 bits per heavy atom. The smallest absolute Gasteiger partial charge is 0.0705 e. The summed E-state index contributed by atoms with van der Waals surface area (Å²) in [6, 6.07) is 10.6. The molecule has 0 aliphatic carbocycles. The largest absolute Gasteiger partial charge is 0.378 e. The van der Waals surface area contributed by atoms with Crippen LogP contribution >= 0.6 is 0 Å². The second-order valence-corrected chi connectivity index (χ2v) is 5.85. The van der Waals surface area contributed by atoms with E-state index in [0.717, 1.165) is 36.0 Å². The van der Waals surface area contributed by atoms with Gasteiger partial charge in [-0.3, -0.25) is 16.3 Å². The molecule has 4 nitrogen and oxygen atoms in total. The topological polar surface area (TPSA) is 60.2 Å². The summed E-state index contributed by atoms with van der Waals surface area (Å²) in [6.45, 7) is 2.89. The molecule has 0 saturated carbocycles. The van der Waals surface area contributed by atoms with Crippen LogP contribution in [0.25, 0.3) is 10.9 Å². The van der Waals surface area contributed by atoms with Gasteiger partial charge in [0.2, 0.25) is 0 Å². The molecule has 2 unspecified atom stereocenters. The monoisotopic (exact) mass is 285 g/mol. The van der Waals surface area contributed by atoms with Crippen LogP contribution in [-0.4, -0.2) is 17.7 Å². The van der Waals surface area contributed by atoms with Gasteiger partial charge in [0.05, 0.1) is 11.6 Å². The van der Waals surface area contributed by atoms with Crippen LogP contribution in [-0.2, 0) is 4.74 Å². The summed E-state index contributed by atoms with van der Waals surface area (Å²) in [5.74, 6) is 5.77. The lowest BCUT2D eigenvalue weighted by Gasteiger charge is -2.27. The number of nitrogens with one attached hydrogen (secondary N) is 1. The highest BCUT2D eigenvalue weighted by Crippen LogP contribution is 2.26. The Morgan fingerprint density at radius 2 is 2.24 bits per heavy atom. The van der Waals surface area contributed by atoms with Crippen molar-refractivity contribution in [3.63, 3.8) is 0 Å². The van der Waals surface area contributed by atoms with E-state index in [1.165, 1.54) is 18.4 Å². The van der Waals surface area contributed by atoms with Crippen molar-refractivity contribution in [3.05, 3.63) is 41.6 Å². The molecule has 0 radical (unpaired) electrons. The first-order valence-electron chi connectivity index (χ1n) is 7.71. The molecule has 0 bridgehead atoms. The van der Waals surface area contributed by atoms with Crippen LogP contribution in [0, 0.1) is 6.92 Å². The van der Waals surface area contributed by atoms with Crippen LogP contribution in [0.1, 0.15) is 43.0 Å². The highest BCUT2D eigenvalue weighted by Gasteiger charge is 2.20. The molecule has 0 spiro atoms. The fourth-order valence-corrected chi connectivity index (χ4v) is 3.02. The predicted octanol–water partition coefficient (Wildman–Crippen LogP) is 3.01. The lowest BCUT2D eigenvalue weighted by molar-refractivity contribution is 0.00503. The zero-order chi connectivity index (χ0) is 14.7. The van der Waals surface area contributed by atoms with Gasteiger partial charge in [0.1, 0.15) is 0 Å². The van der Waals surface area contributed by atoms with Crippen molar-refractivity contribution in [2.75, 3.05) is 6.61 Å². The van der Waals surface area contributed by atoms with Crippen LogP contribution in [0.2, 0.25) is 0 Å². The third kappa shape index (κ3) is 3.40. The summed E-state index contributed by atoms with van der Waals surface area (Å²) in [5, 5.41) is 1.16. The van der Waals surface area contributed by atoms with E-state index in [4.69, 9.17) is 10.6 Å². The molecule has 2 atom stereocenters. The minimum absolute atomic E-state index is 0.124. The SMILES string of the molecule is Cc1ccc2cc(C(CC3CCCCO3)NN)ccc2n1. The molecule has 3 rings (SSSR count). The quantitative estimate of drug-likeness (QED) is 0.669. The van der Waals surface area contributed by atoms with Gasteiger partial charge >= 0.3 is 0 Å². The number of aryl methyl sites for hydroxylation is 1. The van der Waals surface area contributed by atoms with Crippen molar-refractivity contribution in [1.82, 2.24) is 10.4 Å². The molecule has 0 amide bonds. The molecule has 1 saturated heterocycles. The van der Waals surface area contributed by atoms with E-state index < -0.39 is 0 Å².